The molecule has 82 valence electrons. The van der Waals surface area contributed by atoms with Gasteiger partial charge in [-0.15, -0.1) is 0 Å². The number of rotatable bonds is 2. The topological polar surface area (TPSA) is 12.0 Å². The highest BCUT2D eigenvalue weighted by Gasteiger charge is 2.24. The van der Waals surface area contributed by atoms with E-state index in [0.29, 0.717) is 0 Å². The second-order valence-corrected chi connectivity index (χ2v) is 4.98. The second kappa shape index (κ2) is 5.08. The summed E-state index contributed by atoms with van der Waals surface area (Å²) >= 11 is 3.36. The van der Waals surface area contributed by atoms with Crippen LogP contribution in [0, 0.1) is 5.92 Å². The van der Waals surface area contributed by atoms with Crippen LogP contribution in [0.15, 0.2) is 28.7 Å². The van der Waals surface area contributed by atoms with Crippen molar-refractivity contribution in [3.63, 3.8) is 0 Å². The van der Waals surface area contributed by atoms with Gasteiger partial charge < -0.3 is 5.32 Å². The Kier molecular flexibility index (Phi) is 3.76. The molecule has 1 saturated heterocycles. The summed E-state index contributed by atoms with van der Waals surface area (Å²) < 4.78 is 15.1. The maximum Gasteiger partial charge on any atom is 0.129 e. The second-order valence-electron chi connectivity index (χ2n) is 4.06. The SMILES string of the molecule is FC(c1ccc(Br)cc1)C1CCCNC1. The van der Waals surface area contributed by atoms with Gasteiger partial charge in [-0.25, -0.2) is 4.39 Å². The molecule has 2 rings (SSSR count). The van der Waals surface area contributed by atoms with Gasteiger partial charge in [0.25, 0.3) is 0 Å². The third-order valence-corrected chi connectivity index (χ3v) is 3.47. The lowest BCUT2D eigenvalue weighted by atomic mass is 9.90. The molecule has 1 aliphatic heterocycles. The smallest absolute Gasteiger partial charge is 0.129 e. The van der Waals surface area contributed by atoms with Gasteiger partial charge in [-0.2, -0.15) is 0 Å². The van der Waals surface area contributed by atoms with Gasteiger partial charge in [0.2, 0.25) is 0 Å². The van der Waals surface area contributed by atoms with Crippen molar-refractivity contribution < 1.29 is 4.39 Å². The molecule has 1 fully saturated rings. The number of piperidine rings is 1. The van der Waals surface area contributed by atoms with E-state index in [2.05, 4.69) is 21.2 Å². The maximum atomic E-state index is 14.1. The van der Waals surface area contributed by atoms with E-state index in [0.717, 1.165) is 36.0 Å². The Morgan fingerprint density at radius 2 is 2.07 bits per heavy atom. The van der Waals surface area contributed by atoms with Crippen molar-refractivity contribution in [3.05, 3.63) is 34.3 Å². The van der Waals surface area contributed by atoms with Gasteiger partial charge in [-0.05, 0) is 37.1 Å². The number of hydrogen-bond donors (Lipinski definition) is 1. The third-order valence-electron chi connectivity index (χ3n) is 2.94. The Bertz CT molecular complexity index is 306. The monoisotopic (exact) mass is 271 g/mol. The lowest BCUT2D eigenvalue weighted by molar-refractivity contribution is 0.194. The molecule has 0 aromatic heterocycles. The normalized spacial score (nSPS) is 23.7. The molecule has 1 aromatic carbocycles. The van der Waals surface area contributed by atoms with Gasteiger partial charge >= 0.3 is 0 Å². The van der Waals surface area contributed by atoms with Crippen molar-refractivity contribution in [2.75, 3.05) is 13.1 Å². The Hall–Kier alpha value is -0.410. The Balaban J connectivity index is 2.05. The lowest BCUT2D eigenvalue weighted by Gasteiger charge is -2.26. The van der Waals surface area contributed by atoms with Gasteiger partial charge in [-0.3, -0.25) is 0 Å². The van der Waals surface area contributed by atoms with Crippen molar-refractivity contribution in [3.8, 4) is 0 Å². The molecule has 0 saturated carbocycles. The predicted octanol–water partition coefficient (Wildman–Crippen LogP) is 3.46. The zero-order chi connectivity index (χ0) is 10.7. The molecule has 2 atom stereocenters. The summed E-state index contributed by atoms with van der Waals surface area (Å²) in [5, 5.41) is 3.25. The minimum absolute atomic E-state index is 0.139. The van der Waals surface area contributed by atoms with Crippen molar-refractivity contribution in [1.29, 1.82) is 0 Å². The van der Waals surface area contributed by atoms with E-state index in [-0.39, 0.29) is 5.92 Å². The molecule has 0 amide bonds. The highest BCUT2D eigenvalue weighted by Crippen LogP contribution is 2.31. The molecule has 1 N–H and O–H groups in total. The van der Waals surface area contributed by atoms with Crippen molar-refractivity contribution in [2.45, 2.75) is 19.0 Å². The fourth-order valence-electron chi connectivity index (χ4n) is 2.05. The molecule has 1 aromatic rings. The van der Waals surface area contributed by atoms with E-state index in [1.807, 2.05) is 24.3 Å². The van der Waals surface area contributed by atoms with E-state index >= 15 is 0 Å². The van der Waals surface area contributed by atoms with Gasteiger partial charge in [0.05, 0.1) is 0 Å². The first-order valence-corrected chi connectivity index (χ1v) is 6.17. The highest BCUT2D eigenvalue weighted by atomic mass is 79.9. The number of alkyl halides is 1. The standard InChI is InChI=1S/C12H15BrFN/c13-11-5-3-9(4-6-11)12(14)10-2-1-7-15-8-10/h3-6,10,12,15H,1-2,7-8H2. The van der Waals surface area contributed by atoms with Crippen LogP contribution in [-0.2, 0) is 0 Å². The summed E-state index contributed by atoms with van der Waals surface area (Å²) in [6.45, 7) is 1.83. The molecule has 1 aliphatic rings. The molecular formula is C12H15BrFN. The minimum atomic E-state index is -0.828. The van der Waals surface area contributed by atoms with Crippen LogP contribution in [0.2, 0.25) is 0 Å². The first-order chi connectivity index (χ1) is 7.27. The number of hydrogen-bond acceptors (Lipinski definition) is 1. The first-order valence-electron chi connectivity index (χ1n) is 5.37. The Morgan fingerprint density at radius 1 is 1.33 bits per heavy atom. The van der Waals surface area contributed by atoms with E-state index in [1.165, 1.54) is 0 Å². The number of nitrogens with one attached hydrogen (secondary N) is 1. The van der Waals surface area contributed by atoms with E-state index in [4.69, 9.17) is 0 Å². The summed E-state index contributed by atoms with van der Waals surface area (Å²) in [6, 6.07) is 7.53. The fourth-order valence-corrected chi connectivity index (χ4v) is 2.31. The van der Waals surface area contributed by atoms with Crippen LogP contribution in [0.3, 0.4) is 0 Å². The summed E-state index contributed by atoms with van der Waals surface area (Å²) in [4.78, 5) is 0. The van der Waals surface area contributed by atoms with Gasteiger partial charge in [0.1, 0.15) is 6.17 Å². The van der Waals surface area contributed by atoms with E-state index in [1.54, 1.807) is 0 Å². The molecule has 0 spiro atoms. The number of halogens is 2. The molecule has 1 nitrogen and oxygen atoms in total. The quantitative estimate of drug-likeness (QED) is 0.869. The average Bonchev–Trinajstić information content (AvgIpc) is 2.30. The highest BCUT2D eigenvalue weighted by molar-refractivity contribution is 9.10. The molecule has 2 unspecified atom stereocenters. The Morgan fingerprint density at radius 3 is 2.67 bits per heavy atom. The van der Waals surface area contributed by atoms with Crippen molar-refractivity contribution in [1.82, 2.24) is 5.32 Å². The molecule has 0 aliphatic carbocycles. The molecule has 3 heteroatoms. The first kappa shape index (κ1) is 11.1. The minimum Gasteiger partial charge on any atom is -0.316 e. The van der Waals surface area contributed by atoms with Crippen LogP contribution >= 0.6 is 15.9 Å². The Labute approximate surface area is 98.2 Å². The summed E-state index contributed by atoms with van der Waals surface area (Å²) in [5.74, 6) is 0.139. The van der Waals surface area contributed by atoms with Crippen molar-refractivity contribution in [2.24, 2.45) is 5.92 Å². The van der Waals surface area contributed by atoms with Gasteiger partial charge in [0, 0.05) is 16.9 Å². The maximum absolute atomic E-state index is 14.1. The fraction of sp³-hybridized carbons (Fsp3) is 0.500. The van der Waals surface area contributed by atoms with Gasteiger partial charge in [-0.1, -0.05) is 28.1 Å². The van der Waals surface area contributed by atoms with Crippen LogP contribution in [-0.4, -0.2) is 13.1 Å². The van der Waals surface area contributed by atoms with Crippen LogP contribution in [0.25, 0.3) is 0 Å². The molecule has 1 heterocycles. The zero-order valence-electron chi connectivity index (χ0n) is 8.55. The van der Waals surface area contributed by atoms with Crippen LogP contribution in [0.1, 0.15) is 24.6 Å². The van der Waals surface area contributed by atoms with Crippen LogP contribution < -0.4 is 5.32 Å². The van der Waals surface area contributed by atoms with Crippen LogP contribution in [0.4, 0.5) is 4.39 Å². The average molecular weight is 272 g/mol. The van der Waals surface area contributed by atoms with Gasteiger partial charge in [0.15, 0.2) is 0 Å². The van der Waals surface area contributed by atoms with Crippen molar-refractivity contribution >= 4 is 15.9 Å². The lowest BCUT2D eigenvalue weighted by Crippen LogP contribution is -2.32. The largest absolute Gasteiger partial charge is 0.316 e. The third kappa shape index (κ3) is 2.79. The van der Waals surface area contributed by atoms with E-state index < -0.39 is 6.17 Å². The molecule has 0 bridgehead atoms. The summed E-state index contributed by atoms with van der Waals surface area (Å²) in [7, 11) is 0. The van der Waals surface area contributed by atoms with E-state index in [9.17, 15) is 4.39 Å². The summed E-state index contributed by atoms with van der Waals surface area (Å²) in [5.41, 5.74) is 0.798. The molecule has 0 radical (unpaired) electrons. The molecular weight excluding hydrogens is 257 g/mol. The molecule has 15 heavy (non-hydrogen) atoms. The number of benzene rings is 1. The predicted molar refractivity (Wildman–Crippen MR) is 63.6 cm³/mol. The zero-order valence-corrected chi connectivity index (χ0v) is 10.1. The van der Waals surface area contributed by atoms with Crippen LogP contribution in [0.5, 0.6) is 0 Å². The summed E-state index contributed by atoms with van der Waals surface area (Å²) in [6.07, 6.45) is 1.25.